The van der Waals surface area contributed by atoms with Crippen molar-refractivity contribution in [3.05, 3.63) is 40.4 Å². The molecule has 1 N–H and O–H groups in total. The van der Waals surface area contributed by atoms with Crippen LogP contribution in [0.25, 0.3) is 0 Å². The molecule has 0 saturated carbocycles. The monoisotopic (exact) mass is 198 g/mol. The minimum atomic E-state index is -1.79. The number of hydroxylamine groups is 1. The first-order chi connectivity index (χ1) is 6.61. The summed E-state index contributed by atoms with van der Waals surface area (Å²) >= 11 is 0. The summed E-state index contributed by atoms with van der Waals surface area (Å²) in [5, 5.41) is 17.0. The lowest BCUT2D eigenvalue weighted by Crippen LogP contribution is -2.37. The van der Waals surface area contributed by atoms with E-state index in [-0.39, 0.29) is 10.9 Å². The Morgan fingerprint density at radius 1 is 1.43 bits per heavy atom. The van der Waals surface area contributed by atoms with Crippen molar-refractivity contribution < 1.29 is 19.8 Å². The number of carbonyl (C=O) groups is 1. The Morgan fingerprint density at radius 3 is 2.43 bits per heavy atom. The van der Waals surface area contributed by atoms with Crippen molar-refractivity contribution in [2.75, 3.05) is 0 Å². The minimum Gasteiger partial charge on any atom is -0.459 e. The number of para-hydroxylation sites is 1. The molecule has 0 saturated heterocycles. The van der Waals surface area contributed by atoms with Crippen molar-refractivity contribution in [2.24, 2.45) is 0 Å². The van der Waals surface area contributed by atoms with Crippen LogP contribution in [0.5, 0.6) is 5.75 Å². The second-order valence-electron chi connectivity index (χ2n) is 2.20. The Hall–Kier alpha value is -2.31. The number of hydrogen-bond donors (Lipinski definition) is 1. The van der Waals surface area contributed by atoms with Crippen molar-refractivity contribution in [1.82, 2.24) is 5.17 Å². The lowest BCUT2D eigenvalue weighted by Gasteiger charge is -2.07. The molecule has 0 spiro atoms. The van der Waals surface area contributed by atoms with Gasteiger partial charge in [0.1, 0.15) is 0 Å². The molecule has 0 aromatic heterocycles. The van der Waals surface area contributed by atoms with Gasteiger partial charge in [-0.2, -0.15) is 0 Å². The molecule has 74 valence electrons. The molecule has 1 aromatic carbocycles. The zero-order valence-corrected chi connectivity index (χ0v) is 6.86. The van der Waals surface area contributed by atoms with Crippen LogP contribution < -0.4 is 4.84 Å². The fourth-order valence-electron chi connectivity index (χ4n) is 0.723. The Kier molecular flexibility index (Phi) is 2.85. The van der Waals surface area contributed by atoms with Crippen LogP contribution in [0, 0.1) is 10.1 Å². The van der Waals surface area contributed by atoms with Gasteiger partial charge in [-0.25, -0.2) is 14.9 Å². The maximum atomic E-state index is 10.3. The number of amides is 1. The van der Waals surface area contributed by atoms with E-state index < -0.39 is 11.1 Å². The van der Waals surface area contributed by atoms with Crippen LogP contribution in [0.1, 0.15) is 0 Å². The number of hydrazine groups is 1. The zero-order chi connectivity index (χ0) is 10.6. The van der Waals surface area contributed by atoms with Crippen molar-refractivity contribution in [2.45, 2.75) is 0 Å². The third kappa shape index (κ3) is 2.34. The molecule has 1 amide bonds. The standard InChI is InChI=1S/C7H6N2O5/c10-7(11)8(9(12)13)14-6-4-2-1-3-5-6/h1-5H,(H,10,11). The second-order valence-corrected chi connectivity index (χ2v) is 2.20. The molecule has 0 aliphatic heterocycles. The van der Waals surface area contributed by atoms with Gasteiger partial charge in [-0.1, -0.05) is 18.2 Å². The molecule has 14 heavy (non-hydrogen) atoms. The summed E-state index contributed by atoms with van der Waals surface area (Å²) < 4.78 is 0. The van der Waals surface area contributed by atoms with Crippen molar-refractivity contribution >= 4 is 6.09 Å². The highest BCUT2D eigenvalue weighted by atomic mass is 16.9. The smallest absolute Gasteiger partial charge is 0.459 e. The highest BCUT2D eigenvalue weighted by Crippen LogP contribution is 2.10. The normalized spacial score (nSPS) is 9.14. The van der Waals surface area contributed by atoms with Crippen LogP contribution in [-0.4, -0.2) is 21.4 Å². The fraction of sp³-hybridized carbons (Fsp3) is 0. The molecule has 1 rings (SSSR count). The van der Waals surface area contributed by atoms with Crippen LogP contribution in [0.4, 0.5) is 4.79 Å². The molecule has 1 aromatic rings. The van der Waals surface area contributed by atoms with E-state index in [1.807, 2.05) is 0 Å². The van der Waals surface area contributed by atoms with E-state index in [9.17, 15) is 14.9 Å². The van der Waals surface area contributed by atoms with Crippen LogP contribution in [-0.2, 0) is 0 Å². The predicted octanol–water partition coefficient (Wildman–Crippen LogP) is 1.15. The number of rotatable bonds is 3. The Morgan fingerprint density at radius 2 is 2.00 bits per heavy atom. The van der Waals surface area contributed by atoms with Crippen molar-refractivity contribution in [1.29, 1.82) is 0 Å². The Balaban J connectivity index is 2.75. The van der Waals surface area contributed by atoms with Crippen molar-refractivity contribution in [3.63, 3.8) is 0 Å². The molecule has 0 fully saturated rings. The third-order valence-electron chi connectivity index (χ3n) is 1.25. The number of nitro groups is 1. The highest BCUT2D eigenvalue weighted by molar-refractivity contribution is 5.62. The summed E-state index contributed by atoms with van der Waals surface area (Å²) in [7, 11) is 0. The number of benzene rings is 1. The van der Waals surface area contributed by atoms with Crippen LogP contribution >= 0.6 is 0 Å². The largest absolute Gasteiger partial charge is 0.507 e. The van der Waals surface area contributed by atoms with Gasteiger partial charge in [0, 0.05) is 0 Å². The van der Waals surface area contributed by atoms with Gasteiger partial charge < -0.3 is 9.94 Å². The second kappa shape index (κ2) is 4.08. The first-order valence-electron chi connectivity index (χ1n) is 3.51. The maximum absolute atomic E-state index is 10.3. The molecule has 0 radical (unpaired) electrons. The first kappa shape index (κ1) is 9.78. The van der Waals surface area contributed by atoms with Crippen LogP contribution in [0.15, 0.2) is 30.3 Å². The summed E-state index contributed by atoms with van der Waals surface area (Å²) in [6.07, 6.45) is -1.79. The number of nitrogens with zero attached hydrogens (tertiary/aromatic N) is 2. The topological polar surface area (TPSA) is 92.9 Å². The molecule has 0 heterocycles. The summed E-state index contributed by atoms with van der Waals surface area (Å²) in [5.41, 5.74) is 0. The van der Waals surface area contributed by atoms with Gasteiger partial charge in [0.25, 0.3) is 0 Å². The third-order valence-corrected chi connectivity index (χ3v) is 1.25. The van der Waals surface area contributed by atoms with Gasteiger partial charge >= 0.3 is 6.09 Å². The van der Waals surface area contributed by atoms with E-state index >= 15 is 0 Å². The van der Waals surface area contributed by atoms with Gasteiger partial charge in [0.05, 0.1) is 0 Å². The maximum Gasteiger partial charge on any atom is 0.507 e. The summed E-state index contributed by atoms with van der Waals surface area (Å²) in [5.74, 6) is 0.0756. The molecule has 0 aliphatic rings. The van der Waals surface area contributed by atoms with E-state index in [2.05, 4.69) is 4.84 Å². The van der Waals surface area contributed by atoms with Gasteiger partial charge in [0.15, 0.2) is 10.9 Å². The zero-order valence-electron chi connectivity index (χ0n) is 6.86. The molecule has 0 bridgehead atoms. The van der Waals surface area contributed by atoms with Crippen LogP contribution in [0.2, 0.25) is 0 Å². The number of hydrogen-bond acceptors (Lipinski definition) is 4. The molecule has 7 heteroatoms. The fourth-order valence-corrected chi connectivity index (χ4v) is 0.723. The summed E-state index contributed by atoms with van der Waals surface area (Å²) in [6, 6.07) is 7.60. The summed E-state index contributed by atoms with van der Waals surface area (Å²) in [4.78, 5) is 24.9. The van der Waals surface area contributed by atoms with Gasteiger partial charge in [0.2, 0.25) is 5.03 Å². The SMILES string of the molecule is O=C(O)N(Oc1ccccc1)[N+](=O)[O-]. The first-order valence-corrected chi connectivity index (χ1v) is 3.51. The average Bonchev–Trinajstić information content (AvgIpc) is 2.15. The van der Waals surface area contributed by atoms with E-state index in [0.29, 0.717) is 0 Å². The molecule has 0 aliphatic carbocycles. The van der Waals surface area contributed by atoms with Gasteiger partial charge in [-0.15, -0.1) is 0 Å². The molecule has 0 atom stereocenters. The quantitative estimate of drug-likeness (QED) is 0.580. The van der Waals surface area contributed by atoms with E-state index in [4.69, 9.17) is 5.11 Å². The number of carboxylic acid groups (broad SMARTS) is 1. The minimum absolute atomic E-state index is 0.0756. The van der Waals surface area contributed by atoms with Gasteiger partial charge in [-0.05, 0) is 12.1 Å². The van der Waals surface area contributed by atoms with E-state index in [1.54, 1.807) is 18.2 Å². The molecular formula is C7H6N2O5. The highest BCUT2D eigenvalue weighted by Gasteiger charge is 2.26. The average molecular weight is 198 g/mol. The van der Waals surface area contributed by atoms with Crippen LogP contribution in [0.3, 0.4) is 0 Å². The Labute approximate surface area is 78.2 Å². The van der Waals surface area contributed by atoms with E-state index in [1.165, 1.54) is 12.1 Å². The lowest BCUT2D eigenvalue weighted by atomic mass is 10.3. The molecule has 0 unspecified atom stereocenters. The predicted molar refractivity (Wildman–Crippen MR) is 43.9 cm³/mol. The summed E-state index contributed by atoms with van der Waals surface area (Å²) in [6.45, 7) is 0. The van der Waals surface area contributed by atoms with Crippen molar-refractivity contribution in [3.8, 4) is 5.75 Å². The van der Waals surface area contributed by atoms with Gasteiger partial charge in [-0.3, -0.25) is 0 Å². The molecule has 7 nitrogen and oxygen atoms in total. The lowest BCUT2D eigenvalue weighted by molar-refractivity contribution is -0.694. The van der Waals surface area contributed by atoms with E-state index in [0.717, 1.165) is 0 Å². The Bertz CT molecular complexity index is 325. The molecular weight excluding hydrogens is 192 g/mol.